The fourth-order valence-corrected chi connectivity index (χ4v) is 3.21. The smallest absolute Gasteiger partial charge is 0.243 e. The lowest BCUT2D eigenvalue weighted by Gasteiger charge is -2.37. The van der Waals surface area contributed by atoms with Gasteiger partial charge in [0.2, 0.25) is 11.8 Å². The summed E-state index contributed by atoms with van der Waals surface area (Å²) in [7, 11) is 0. The third-order valence-electron chi connectivity index (χ3n) is 4.65. The quantitative estimate of drug-likeness (QED) is 0.830. The predicted octanol–water partition coefficient (Wildman–Crippen LogP) is 1.01. The maximum atomic E-state index is 12.5. The number of carbonyl (C=O) groups excluding carboxylic acids is 1. The van der Waals surface area contributed by atoms with E-state index in [0.717, 1.165) is 39.0 Å². The van der Waals surface area contributed by atoms with E-state index in [9.17, 15) is 4.79 Å². The zero-order valence-corrected chi connectivity index (χ0v) is 13.3. The number of carbonyl (C=O) groups is 1. The maximum absolute atomic E-state index is 12.5. The molecule has 2 aliphatic heterocycles. The summed E-state index contributed by atoms with van der Waals surface area (Å²) in [6.45, 7) is 8.49. The van der Waals surface area contributed by atoms with Crippen LogP contribution in [0.25, 0.3) is 0 Å². The molecule has 7 nitrogen and oxygen atoms in total. The fourth-order valence-electron chi connectivity index (χ4n) is 3.21. The third-order valence-corrected chi connectivity index (χ3v) is 4.65. The van der Waals surface area contributed by atoms with Crippen molar-refractivity contribution in [3.63, 3.8) is 0 Å². The van der Waals surface area contributed by atoms with Crippen LogP contribution in [-0.2, 0) is 9.53 Å². The zero-order valence-electron chi connectivity index (χ0n) is 13.3. The van der Waals surface area contributed by atoms with Crippen molar-refractivity contribution in [1.82, 2.24) is 19.9 Å². The largest absolute Gasteiger partial charge is 0.378 e. The number of aryl methyl sites for hydroxylation is 1. The molecule has 0 N–H and O–H groups in total. The first-order chi connectivity index (χ1) is 10.6. The average Bonchev–Trinajstić information content (AvgIpc) is 3.01. The van der Waals surface area contributed by atoms with Crippen LogP contribution in [0.2, 0.25) is 0 Å². The second-order valence-corrected chi connectivity index (χ2v) is 6.10. The standard InChI is InChI=1S/C15H24N4O3/c1-11(14-16-12(2)17-22-14)18-5-3-13(4-6-18)15(20)19-7-9-21-10-8-19/h11,13H,3-10H2,1-2H3/t11-/m0/s1. The highest BCUT2D eigenvalue weighted by Gasteiger charge is 2.32. The van der Waals surface area contributed by atoms with Crippen LogP contribution in [0, 0.1) is 12.8 Å². The molecule has 1 atom stereocenters. The maximum Gasteiger partial charge on any atom is 0.243 e. The van der Waals surface area contributed by atoms with Crippen molar-refractivity contribution in [2.45, 2.75) is 32.7 Å². The molecule has 0 unspecified atom stereocenters. The molecule has 2 saturated heterocycles. The highest BCUT2D eigenvalue weighted by atomic mass is 16.5. The van der Waals surface area contributed by atoms with Crippen molar-refractivity contribution in [2.24, 2.45) is 5.92 Å². The molecule has 0 aromatic carbocycles. The Labute approximate surface area is 130 Å². The van der Waals surface area contributed by atoms with E-state index in [1.54, 1.807) is 0 Å². The van der Waals surface area contributed by atoms with E-state index in [1.807, 2.05) is 11.8 Å². The third kappa shape index (κ3) is 3.30. The summed E-state index contributed by atoms with van der Waals surface area (Å²) in [5, 5.41) is 3.85. The van der Waals surface area contributed by atoms with Crippen LogP contribution in [0.5, 0.6) is 0 Å². The Hall–Kier alpha value is -1.47. The number of amides is 1. The number of rotatable bonds is 3. The van der Waals surface area contributed by atoms with Gasteiger partial charge in [0.05, 0.1) is 19.3 Å². The molecule has 0 bridgehead atoms. The van der Waals surface area contributed by atoms with E-state index in [0.29, 0.717) is 30.8 Å². The zero-order chi connectivity index (χ0) is 15.5. The summed E-state index contributed by atoms with van der Waals surface area (Å²) >= 11 is 0. The van der Waals surface area contributed by atoms with Gasteiger partial charge in [-0.2, -0.15) is 4.98 Å². The molecule has 7 heteroatoms. The summed E-state index contributed by atoms with van der Waals surface area (Å²) in [5.74, 6) is 1.77. The molecule has 1 amide bonds. The van der Waals surface area contributed by atoms with Crippen molar-refractivity contribution in [2.75, 3.05) is 39.4 Å². The minimum absolute atomic E-state index is 0.112. The second-order valence-electron chi connectivity index (χ2n) is 6.10. The van der Waals surface area contributed by atoms with Crippen molar-refractivity contribution in [1.29, 1.82) is 0 Å². The average molecular weight is 308 g/mol. The highest BCUT2D eigenvalue weighted by molar-refractivity contribution is 5.79. The number of aromatic nitrogens is 2. The van der Waals surface area contributed by atoms with Crippen molar-refractivity contribution in [3.8, 4) is 0 Å². The van der Waals surface area contributed by atoms with E-state index < -0.39 is 0 Å². The molecule has 3 rings (SSSR count). The molecule has 2 fully saturated rings. The predicted molar refractivity (Wildman–Crippen MR) is 79.1 cm³/mol. The van der Waals surface area contributed by atoms with E-state index in [2.05, 4.69) is 22.0 Å². The Morgan fingerprint density at radius 2 is 1.91 bits per heavy atom. The number of piperidine rings is 1. The normalized spacial score (nSPS) is 22.7. The summed E-state index contributed by atoms with van der Waals surface area (Å²) in [6.07, 6.45) is 1.79. The van der Waals surface area contributed by atoms with Crippen LogP contribution >= 0.6 is 0 Å². The van der Waals surface area contributed by atoms with Gasteiger partial charge in [0.1, 0.15) is 0 Å². The van der Waals surface area contributed by atoms with Gasteiger partial charge in [0, 0.05) is 19.0 Å². The summed E-state index contributed by atoms with van der Waals surface area (Å²) < 4.78 is 10.6. The van der Waals surface area contributed by atoms with Gasteiger partial charge in [-0.05, 0) is 39.8 Å². The fraction of sp³-hybridized carbons (Fsp3) is 0.800. The highest BCUT2D eigenvalue weighted by Crippen LogP contribution is 2.27. The van der Waals surface area contributed by atoms with Gasteiger partial charge < -0.3 is 14.2 Å². The molecular weight excluding hydrogens is 284 g/mol. The molecule has 0 spiro atoms. The van der Waals surface area contributed by atoms with Gasteiger partial charge in [-0.3, -0.25) is 9.69 Å². The van der Waals surface area contributed by atoms with Gasteiger partial charge in [-0.25, -0.2) is 0 Å². The second kappa shape index (κ2) is 6.75. The van der Waals surface area contributed by atoms with Gasteiger partial charge in [-0.1, -0.05) is 5.16 Å². The number of hydrogen-bond acceptors (Lipinski definition) is 6. The van der Waals surface area contributed by atoms with Crippen LogP contribution < -0.4 is 0 Å². The SMILES string of the molecule is Cc1noc([C@H](C)N2CCC(C(=O)N3CCOCC3)CC2)n1. The van der Waals surface area contributed by atoms with Crippen LogP contribution in [0.1, 0.15) is 37.5 Å². The van der Waals surface area contributed by atoms with Crippen molar-refractivity contribution in [3.05, 3.63) is 11.7 Å². The molecule has 22 heavy (non-hydrogen) atoms. The molecule has 0 aliphatic carbocycles. The van der Waals surface area contributed by atoms with Crippen LogP contribution in [0.3, 0.4) is 0 Å². The summed E-state index contributed by atoms with van der Waals surface area (Å²) in [4.78, 5) is 21.1. The minimum atomic E-state index is 0.112. The number of morpholine rings is 1. The lowest BCUT2D eigenvalue weighted by Crippen LogP contribution is -2.47. The molecular formula is C15H24N4O3. The minimum Gasteiger partial charge on any atom is -0.378 e. The first-order valence-corrected chi connectivity index (χ1v) is 8.06. The van der Waals surface area contributed by atoms with E-state index in [1.165, 1.54) is 0 Å². The Morgan fingerprint density at radius 1 is 1.23 bits per heavy atom. The van der Waals surface area contributed by atoms with Crippen LogP contribution in [0.4, 0.5) is 0 Å². The Morgan fingerprint density at radius 3 is 2.50 bits per heavy atom. The molecule has 122 valence electrons. The molecule has 0 radical (unpaired) electrons. The van der Waals surface area contributed by atoms with Gasteiger partial charge in [0.15, 0.2) is 5.82 Å². The lowest BCUT2D eigenvalue weighted by molar-refractivity contribution is -0.141. The molecule has 1 aromatic rings. The number of nitrogens with zero attached hydrogens (tertiary/aromatic N) is 4. The van der Waals surface area contributed by atoms with Crippen LogP contribution in [0.15, 0.2) is 4.52 Å². The monoisotopic (exact) mass is 308 g/mol. The van der Waals surface area contributed by atoms with Gasteiger partial charge in [0.25, 0.3) is 0 Å². The number of likely N-dealkylation sites (tertiary alicyclic amines) is 1. The van der Waals surface area contributed by atoms with E-state index in [4.69, 9.17) is 9.26 Å². The summed E-state index contributed by atoms with van der Waals surface area (Å²) in [6, 6.07) is 0.112. The lowest BCUT2D eigenvalue weighted by atomic mass is 9.94. The van der Waals surface area contributed by atoms with Crippen molar-refractivity contribution >= 4 is 5.91 Å². The van der Waals surface area contributed by atoms with Gasteiger partial charge in [-0.15, -0.1) is 0 Å². The molecule has 1 aromatic heterocycles. The Kier molecular flexibility index (Phi) is 4.73. The van der Waals surface area contributed by atoms with Gasteiger partial charge >= 0.3 is 0 Å². The van der Waals surface area contributed by atoms with E-state index >= 15 is 0 Å². The first-order valence-electron chi connectivity index (χ1n) is 8.06. The van der Waals surface area contributed by atoms with Crippen molar-refractivity contribution < 1.29 is 14.1 Å². The van der Waals surface area contributed by atoms with E-state index in [-0.39, 0.29) is 12.0 Å². The molecule has 0 saturated carbocycles. The first kappa shape index (κ1) is 15.4. The molecule has 2 aliphatic rings. The topological polar surface area (TPSA) is 71.7 Å². The summed E-state index contributed by atoms with van der Waals surface area (Å²) in [5.41, 5.74) is 0. The molecule has 3 heterocycles. The Balaban J connectivity index is 1.52. The number of hydrogen-bond donors (Lipinski definition) is 0. The number of ether oxygens (including phenoxy) is 1. The Bertz CT molecular complexity index is 505. The van der Waals surface area contributed by atoms with Crippen LogP contribution in [-0.4, -0.2) is 65.2 Å².